The van der Waals surface area contributed by atoms with Crippen LogP contribution >= 0.6 is 15.9 Å². The van der Waals surface area contributed by atoms with Crippen LogP contribution in [0.3, 0.4) is 0 Å². The van der Waals surface area contributed by atoms with Gasteiger partial charge >= 0.3 is 6.03 Å². The van der Waals surface area contributed by atoms with E-state index in [0.29, 0.717) is 21.5 Å². The van der Waals surface area contributed by atoms with Crippen molar-refractivity contribution < 1.29 is 14.3 Å². The van der Waals surface area contributed by atoms with Crippen molar-refractivity contribution in [3.8, 4) is 5.75 Å². The molecule has 0 atom stereocenters. The number of amides is 2. The quantitative estimate of drug-likeness (QED) is 0.394. The smallest absolute Gasteiger partial charge is 0.343 e. The summed E-state index contributed by atoms with van der Waals surface area (Å²) < 4.78 is 6.54. The molecule has 2 N–H and O–H groups in total. The van der Waals surface area contributed by atoms with Gasteiger partial charge in [0, 0.05) is 23.9 Å². The van der Waals surface area contributed by atoms with E-state index in [9.17, 15) is 9.59 Å². The van der Waals surface area contributed by atoms with Crippen LogP contribution in [0, 0.1) is 12.5 Å². The second kappa shape index (κ2) is 8.57. The first-order valence-electron chi connectivity index (χ1n) is 7.77. The standard InChI is InChI=1S/C18H19BrN4O3/c1-11-5-4-6-16(21-18(25)23(3)22-20)14(11)10-26-17-8-7-13(12(2)24)9-15(17)19/h4-9,20H,10H2,1-3H3,(H,21,25). The number of rotatable bonds is 6. The fourth-order valence-electron chi connectivity index (χ4n) is 2.24. The number of nitrogens with one attached hydrogen (secondary N) is 2. The maximum Gasteiger partial charge on any atom is 0.343 e. The average Bonchev–Trinajstić information content (AvgIpc) is 2.61. The summed E-state index contributed by atoms with van der Waals surface area (Å²) in [4.78, 5) is 23.4. The summed E-state index contributed by atoms with van der Waals surface area (Å²) in [5.74, 6) is 0.568. The number of hydrogen-bond acceptors (Lipinski definition) is 5. The molecule has 0 heterocycles. The number of ether oxygens (including phenoxy) is 1. The Hall–Kier alpha value is -2.74. The molecule has 2 amide bonds. The van der Waals surface area contributed by atoms with E-state index >= 15 is 0 Å². The zero-order valence-electron chi connectivity index (χ0n) is 14.7. The van der Waals surface area contributed by atoms with Crippen LogP contribution in [0.2, 0.25) is 0 Å². The Morgan fingerprint density at radius 3 is 2.65 bits per heavy atom. The Bertz CT molecular complexity index is 854. The van der Waals surface area contributed by atoms with Gasteiger partial charge < -0.3 is 10.1 Å². The van der Waals surface area contributed by atoms with Crippen LogP contribution in [0.15, 0.2) is 46.1 Å². The molecule has 136 valence electrons. The van der Waals surface area contributed by atoms with E-state index in [2.05, 4.69) is 26.5 Å². The Balaban J connectivity index is 2.20. The van der Waals surface area contributed by atoms with Crippen LogP contribution in [-0.4, -0.2) is 23.9 Å². The number of Topliss-reactive ketones (excluding diaryl/α,β-unsaturated/α-hetero) is 1. The molecule has 0 aliphatic heterocycles. The van der Waals surface area contributed by atoms with Gasteiger partial charge in [-0.25, -0.2) is 4.79 Å². The summed E-state index contributed by atoms with van der Waals surface area (Å²) in [5, 5.41) is 6.68. The van der Waals surface area contributed by atoms with Crippen molar-refractivity contribution in [3.05, 3.63) is 57.6 Å². The molecule has 2 rings (SSSR count). The average molecular weight is 419 g/mol. The molecule has 8 heteroatoms. The van der Waals surface area contributed by atoms with Crippen LogP contribution in [0.4, 0.5) is 10.5 Å². The molecule has 0 bridgehead atoms. The summed E-state index contributed by atoms with van der Waals surface area (Å²) >= 11 is 3.41. The monoisotopic (exact) mass is 418 g/mol. The number of benzene rings is 2. The van der Waals surface area contributed by atoms with Crippen LogP contribution in [-0.2, 0) is 6.61 Å². The van der Waals surface area contributed by atoms with Gasteiger partial charge in [-0.15, -0.1) is 0 Å². The fraction of sp³-hybridized carbons (Fsp3) is 0.222. The highest BCUT2D eigenvalue weighted by Crippen LogP contribution is 2.29. The first-order valence-corrected chi connectivity index (χ1v) is 8.56. The highest BCUT2D eigenvalue weighted by atomic mass is 79.9. The van der Waals surface area contributed by atoms with Gasteiger partial charge in [0.1, 0.15) is 12.4 Å². The van der Waals surface area contributed by atoms with Gasteiger partial charge in [-0.2, -0.15) is 10.5 Å². The summed E-state index contributed by atoms with van der Waals surface area (Å²) in [7, 11) is 1.39. The predicted octanol–water partition coefficient (Wildman–Crippen LogP) is 4.95. The van der Waals surface area contributed by atoms with E-state index in [1.54, 1.807) is 24.3 Å². The third-order valence-electron chi connectivity index (χ3n) is 3.81. The van der Waals surface area contributed by atoms with E-state index in [4.69, 9.17) is 10.3 Å². The van der Waals surface area contributed by atoms with Gasteiger partial charge in [0.15, 0.2) is 5.78 Å². The number of aryl methyl sites for hydroxylation is 1. The summed E-state index contributed by atoms with van der Waals surface area (Å²) in [6, 6.07) is 10.1. The maximum atomic E-state index is 12.0. The molecule has 0 unspecified atom stereocenters. The number of anilines is 1. The summed E-state index contributed by atoms with van der Waals surface area (Å²) in [6.45, 7) is 3.65. The molecule has 0 saturated heterocycles. The third kappa shape index (κ3) is 4.66. The number of carbonyl (C=O) groups is 2. The zero-order valence-corrected chi connectivity index (χ0v) is 16.3. The lowest BCUT2D eigenvalue weighted by atomic mass is 10.1. The molecule has 0 aliphatic carbocycles. The minimum absolute atomic E-state index is 0.0231. The zero-order chi connectivity index (χ0) is 19.3. The van der Waals surface area contributed by atoms with E-state index in [0.717, 1.165) is 16.1 Å². The molecule has 0 radical (unpaired) electrons. The molecule has 0 fully saturated rings. The largest absolute Gasteiger partial charge is 0.488 e. The lowest BCUT2D eigenvalue weighted by molar-refractivity contribution is 0.101. The van der Waals surface area contributed by atoms with Gasteiger partial charge in [-0.1, -0.05) is 17.4 Å². The molecule has 0 aromatic heterocycles. The second-order valence-electron chi connectivity index (χ2n) is 5.64. The molecule has 0 aliphatic rings. The van der Waals surface area contributed by atoms with Gasteiger partial charge in [0.2, 0.25) is 0 Å². The van der Waals surface area contributed by atoms with Crippen molar-refractivity contribution in [2.24, 2.45) is 5.22 Å². The fourth-order valence-corrected chi connectivity index (χ4v) is 2.73. The summed E-state index contributed by atoms with van der Waals surface area (Å²) in [6.07, 6.45) is 0. The lowest BCUT2D eigenvalue weighted by Crippen LogP contribution is -2.27. The molecule has 0 spiro atoms. The van der Waals surface area contributed by atoms with Gasteiger partial charge in [-0.05, 0) is 59.6 Å². The topological polar surface area (TPSA) is 94.8 Å². The molecule has 2 aromatic carbocycles. The highest BCUT2D eigenvalue weighted by Gasteiger charge is 2.13. The van der Waals surface area contributed by atoms with Crippen molar-refractivity contribution in [3.63, 3.8) is 0 Å². The minimum atomic E-state index is -0.515. The summed E-state index contributed by atoms with van der Waals surface area (Å²) in [5.41, 5.74) is 9.84. The van der Waals surface area contributed by atoms with Gasteiger partial charge in [-0.3, -0.25) is 4.79 Å². The molecule has 26 heavy (non-hydrogen) atoms. The highest BCUT2D eigenvalue weighted by molar-refractivity contribution is 9.10. The Labute approximate surface area is 159 Å². The Morgan fingerprint density at radius 1 is 1.31 bits per heavy atom. The maximum absolute atomic E-state index is 12.0. The normalized spacial score (nSPS) is 10.2. The van der Waals surface area contributed by atoms with Gasteiger partial charge in [0.25, 0.3) is 0 Å². The molecular formula is C18H19BrN4O3. The Kier molecular flexibility index (Phi) is 6.46. The van der Waals surface area contributed by atoms with E-state index in [1.165, 1.54) is 14.0 Å². The van der Waals surface area contributed by atoms with E-state index in [1.807, 2.05) is 19.1 Å². The SMILES string of the molecule is CC(=O)c1ccc(OCc2c(C)cccc2NC(=O)N(C)N=N)c(Br)c1. The van der Waals surface area contributed by atoms with Crippen LogP contribution < -0.4 is 10.1 Å². The van der Waals surface area contributed by atoms with Crippen molar-refractivity contribution in [2.75, 3.05) is 12.4 Å². The van der Waals surface area contributed by atoms with E-state index < -0.39 is 6.03 Å². The predicted molar refractivity (Wildman–Crippen MR) is 102 cm³/mol. The number of halogens is 1. The third-order valence-corrected chi connectivity index (χ3v) is 4.43. The number of ketones is 1. The van der Waals surface area contributed by atoms with Crippen molar-refractivity contribution in [1.29, 1.82) is 5.53 Å². The first kappa shape index (κ1) is 19.6. The van der Waals surface area contributed by atoms with Crippen molar-refractivity contribution >= 4 is 33.4 Å². The lowest BCUT2D eigenvalue weighted by Gasteiger charge is -2.17. The first-order chi connectivity index (χ1) is 12.3. The van der Waals surface area contributed by atoms with Gasteiger partial charge in [0.05, 0.1) is 4.47 Å². The van der Waals surface area contributed by atoms with Crippen molar-refractivity contribution in [2.45, 2.75) is 20.5 Å². The minimum Gasteiger partial charge on any atom is -0.488 e. The Morgan fingerprint density at radius 2 is 2.04 bits per heavy atom. The molecule has 7 nitrogen and oxygen atoms in total. The number of carbonyl (C=O) groups excluding carboxylic acids is 2. The van der Waals surface area contributed by atoms with Crippen molar-refractivity contribution in [1.82, 2.24) is 5.01 Å². The molecule has 2 aromatic rings. The second-order valence-corrected chi connectivity index (χ2v) is 6.50. The van der Waals surface area contributed by atoms with E-state index in [-0.39, 0.29) is 12.4 Å². The molecule has 0 saturated carbocycles. The van der Waals surface area contributed by atoms with Crippen LogP contribution in [0.5, 0.6) is 5.75 Å². The van der Waals surface area contributed by atoms with Crippen LogP contribution in [0.25, 0.3) is 0 Å². The number of hydrogen-bond donors (Lipinski definition) is 2. The number of nitrogens with zero attached hydrogens (tertiary/aromatic N) is 2. The number of urea groups is 1. The molecular weight excluding hydrogens is 400 g/mol. The van der Waals surface area contributed by atoms with Crippen LogP contribution in [0.1, 0.15) is 28.4 Å².